The maximum absolute atomic E-state index is 10.2. The molecule has 6 heteroatoms. The van der Waals surface area contributed by atoms with Crippen LogP contribution in [-0.2, 0) is 13.0 Å². The van der Waals surface area contributed by atoms with Gasteiger partial charge in [-0.3, -0.25) is 5.41 Å². The van der Waals surface area contributed by atoms with Crippen molar-refractivity contribution in [2.75, 3.05) is 13.7 Å². The lowest BCUT2D eigenvalue weighted by atomic mass is 10.0. The van der Waals surface area contributed by atoms with Gasteiger partial charge in [0.15, 0.2) is 0 Å². The summed E-state index contributed by atoms with van der Waals surface area (Å²) in [5.41, 5.74) is 5.61. The second-order valence-electron chi connectivity index (χ2n) is 7.50. The molecule has 0 aliphatic carbocycles. The molecule has 1 unspecified atom stereocenters. The zero-order valence-electron chi connectivity index (χ0n) is 17.2. The van der Waals surface area contributed by atoms with Crippen molar-refractivity contribution >= 4 is 11.0 Å². The summed E-state index contributed by atoms with van der Waals surface area (Å²) in [6, 6.07) is 19.9. The van der Waals surface area contributed by atoms with Crippen molar-refractivity contribution in [2.45, 2.75) is 25.9 Å². The van der Waals surface area contributed by atoms with Crippen LogP contribution in [0.1, 0.15) is 22.7 Å². The van der Waals surface area contributed by atoms with Crippen LogP contribution in [-0.4, -0.2) is 32.9 Å². The van der Waals surface area contributed by atoms with Gasteiger partial charge in [-0.1, -0.05) is 42.0 Å². The smallest absolute Gasteiger partial charge is 0.213 e. The lowest BCUT2D eigenvalue weighted by molar-refractivity contribution is 0.225. The average molecular weight is 402 g/mol. The quantitative estimate of drug-likeness (QED) is 0.497. The highest BCUT2D eigenvalue weighted by Crippen LogP contribution is 2.22. The normalized spacial score (nSPS) is 12.2. The van der Waals surface area contributed by atoms with Crippen LogP contribution < -0.4 is 10.4 Å². The second kappa shape index (κ2) is 8.55. The summed E-state index contributed by atoms with van der Waals surface area (Å²) in [5, 5.41) is 19.1. The van der Waals surface area contributed by atoms with Crippen LogP contribution in [0.3, 0.4) is 0 Å². The van der Waals surface area contributed by atoms with E-state index in [4.69, 9.17) is 10.1 Å². The van der Waals surface area contributed by atoms with Crippen molar-refractivity contribution in [1.29, 1.82) is 5.41 Å². The summed E-state index contributed by atoms with van der Waals surface area (Å²) in [5.74, 6) is 0.552. The van der Waals surface area contributed by atoms with Gasteiger partial charge in [0.1, 0.15) is 0 Å². The van der Waals surface area contributed by atoms with E-state index in [9.17, 15) is 5.11 Å². The Morgan fingerprint density at radius 1 is 1.03 bits per heavy atom. The predicted molar refractivity (Wildman–Crippen MR) is 117 cm³/mol. The zero-order valence-corrected chi connectivity index (χ0v) is 17.2. The molecule has 154 valence electrons. The first-order valence-corrected chi connectivity index (χ1v) is 10.0. The maximum atomic E-state index is 10.2. The highest BCUT2D eigenvalue weighted by atomic mass is 16.5. The van der Waals surface area contributed by atoms with Crippen LogP contribution in [0.4, 0.5) is 0 Å². The Labute approximate surface area is 175 Å². The number of fused-ring (bicyclic) bond motifs is 1. The highest BCUT2D eigenvalue weighted by Gasteiger charge is 2.19. The molecule has 1 atom stereocenters. The number of hydrogen-bond donors (Lipinski definition) is 2. The third-order valence-corrected chi connectivity index (χ3v) is 5.43. The number of hydrogen-bond acceptors (Lipinski definition) is 4. The van der Waals surface area contributed by atoms with Crippen molar-refractivity contribution < 1.29 is 9.84 Å². The van der Waals surface area contributed by atoms with Crippen LogP contribution in [0.25, 0.3) is 11.0 Å². The molecule has 2 aromatic heterocycles. The largest absolute Gasteiger partial charge is 0.481 e. The molecule has 0 aliphatic rings. The highest BCUT2D eigenvalue weighted by molar-refractivity contribution is 5.76. The van der Waals surface area contributed by atoms with Crippen LogP contribution in [0.2, 0.25) is 0 Å². The maximum Gasteiger partial charge on any atom is 0.213 e. The van der Waals surface area contributed by atoms with E-state index in [-0.39, 0.29) is 12.6 Å². The Morgan fingerprint density at radius 3 is 2.47 bits per heavy atom. The molecule has 4 aromatic rings. The Bertz CT molecular complexity index is 1210. The van der Waals surface area contributed by atoms with Crippen molar-refractivity contribution in [1.82, 2.24) is 14.1 Å². The number of rotatable bonds is 7. The minimum absolute atomic E-state index is 0.0402. The van der Waals surface area contributed by atoms with E-state index in [0.29, 0.717) is 24.5 Å². The van der Waals surface area contributed by atoms with Crippen LogP contribution in [0, 0.1) is 12.3 Å². The fourth-order valence-corrected chi connectivity index (χ4v) is 3.86. The monoisotopic (exact) mass is 402 g/mol. The van der Waals surface area contributed by atoms with Crippen LogP contribution in [0.15, 0.2) is 66.9 Å². The topological polar surface area (TPSA) is 76.1 Å². The van der Waals surface area contributed by atoms with Crippen molar-refractivity contribution in [3.8, 4) is 5.88 Å². The Morgan fingerprint density at radius 2 is 1.77 bits per heavy atom. The first kappa shape index (κ1) is 19.9. The molecule has 2 aromatic carbocycles. The number of aliphatic hydroxyl groups is 1. The third-order valence-electron chi connectivity index (χ3n) is 5.43. The first-order chi connectivity index (χ1) is 14.6. The third kappa shape index (κ3) is 3.86. The van der Waals surface area contributed by atoms with E-state index in [0.717, 1.165) is 22.2 Å². The van der Waals surface area contributed by atoms with Crippen LogP contribution >= 0.6 is 0 Å². The van der Waals surface area contributed by atoms with Gasteiger partial charge < -0.3 is 19.0 Å². The number of para-hydroxylation sites is 2. The average Bonchev–Trinajstić information content (AvgIpc) is 3.05. The number of ether oxygens (including phenoxy) is 1. The van der Waals surface area contributed by atoms with E-state index in [1.165, 1.54) is 5.56 Å². The van der Waals surface area contributed by atoms with E-state index in [1.54, 1.807) is 13.3 Å². The van der Waals surface area contributed by atoms with Crippen molar-refractivity contribution in [3.63, 3.8) is 0 Å². The molecule has 0 saturated carbocycles. The molecular formula is C24H26N4O2. The van der Waals surface area contributed by atoms with Crippen LogP contribution in [0.5, 0.6) is 5.88 Å². The Kier molecular flexibility index (Phi) is 5.68. The predicted octanol–water partition coefficient (Wildman–Crippen LogP) is 3.46. The fraction of sp³-hybridized carbons (Fsp3) is 0.250. The molecule has 2 N–H and O–H groups in total. The summed E-state index contributed by atoms with van der Waals surface area (Å²) in [6.07, 6.45) is 2.37. The summed E-state index contributed by atoms with van der Waals surface area (Å²) >= 11 is 0. The lowest BCUT2D eigenvalue weighted by Crippen LogP contribution is -2.30. The van der Waals surface area contributed by atoms with Gasteiger partial charge in [-0.25, -0.2) is 4.98 Å². The number of nitrogens with one attached hydrogen (secondary N) is 1. The van der Waals surface area contributed by atoms with Gasteiger partial charge in [-0.15, -0.1) is 0 Å². The molecule has 0 amide bonds. The minimum Gasteiger partial charge on any atom is -0.481 e. The van der Waals surface area contributed by atoms with Gasteiger partial charge in [0.25, 0.3) is 0 Å². The number of methoxy groups -OCH3 is 1. The lowest BCUT2D eigenvalue weighted by Gasteiger charge is -2.17. The Hall–Kier alpha value is -3.38. The molecule has 0 aliphatic heterocycles. The number of aromatic nitrogens is 3. The van der Waals surface area contributed by atoms with Gasteiger partial charge in [-0.2, -0.15) is 0 Å². The first-order valence-electron chi connectivity index (χ1n) is 10.0. The molecule has 0 radical (unpaired) electrons. The molecule has 6 nitrogen and oxygen atoms in total. The van der Waals surface area contributed by atoms with E-state index >= 15 is 0 Å². The molecule has 0 fully saturated rings. The van der Waals surface area contributed by atoms with Gasteiger partial charge in [-0.05, 0) is 42.7 Å². The summed E-state index contributed by atoms with van der Waals surface area (Å²) < 4.78 is 9.14. The zero-order chi connectivity index (χ0) is 21.1. The number of benzene rings is 2. The Balaban J connectivity index is 1.77. The fourth-order valence-electron chi connectivity index (χ4n) is 3.86. The molecule has 2 heterocycles. The molecule has 0 bridgehead atoms. The van der Waals surface area contributed by atoms with E-state index < -0.39 is 0 Å². The van der Waals surface area contributed by atoms with Gasteiger partial charge in [0.2, 0.25) is 11.5 Å². The molecule has 30 heavy (non-hydrogen) atoms. The SMILES string of the molecule is COc1cc(Cn2c(=N)n(C(CO)Cc3ccc(C)cc3)c3ccccc32)ccn1. The minimum atomic E-state index is -0.224. The number of nitrogens with zero attached hydrogens (tertiary/aromatic N) is 3. The summed E-state index contributed by atoms with van der Waals surface area (Å²) in [7, 11) is 1.60. The van der Waals surface area contributed by atoms with Gasteiger partial charge >= 0.3 is 0 Å². The number of aryl methyl sites for hydroxylation is 1. The summed E-state index contributed by atoms with van der Waals surface area (Å²) in [4.78, 5) is 4.17. The van der Waals surface area contributed by atoms with Gasteiger partial charge in [0, 0.05) is 12.3 Å². The van der Waals surface area contributed by atoms with E-state index in [1.807, 2.05) is 45.5 Å². The van der Waals surface area contributed by atoms with E-state index in [2.05, 4.69) is 36.2 Å². The number of imidazole rings is 1. The summed E-state index contributed by atoms with van der Waals surface area (Å²) in [6.45, 7) is 2.54. The molecule has 0 spiro atoms. The molecular weight excluding hydrogens is 376 g/mol. The van der Waals surface area contributed by atoms with Gasteiger partial charge in [0.05, 0.1) is 37.3 Å². The molecule has 0 saturated heterocycles. The number of pyridine rings is 1. The van der Waals surface area contributed by atoms with Crippen molar-refractivity contribution in [2.24, 2.45) is 0 Å². The van der Waals surface area contributed by atoms with Crippen molar-refractivity contribution in [3.05, 3.63) is 89.2 Å². The number of aliphatic hydroxyl groups excluding tert-OH is 1. The molecule has 4 rings (SSSR count). The second-order valence-corrected chi connectivity index (χ2v) is 7.50. The standard InChI is InChI=1S/C24H26N4O2/c1-17-7-9-18(10-8-17)13-20(16-29)28-22-6-4-3-5-21(22)27(24(28)25)15-19-11-12-26-23(14-19)30-2/h3-12,14,20,25,29H,13,15-16H2,1-2H3.